The van der Waals surface area contributed by atoms with Gasteiger partial charge in [0.25, 0.3) is 0 Å². The summed E-state index contributed by atoms with van der Waals surface area (Å²) in [6.07, 6.45) is 2.42. The number of ether oxygens (including phenoxy) is 3. The second kappa shape index (κ2) is 8.25. The molecular formula is C17H27NO3. The predicted molar refractivity (Wildman–Crippen MR) is 84.1 cm³/mol. The molecule has 0 bridgehead atoms. The summed E-state index contributed by atoms with van der Waals surface area (Å²) in [4.78, 5) is 0. The maximum Gasteiger partial charge on any atom is 0.128 e. The van der Waals surface area contributed by atoms with Gasteiger partial charge in [-0.1, -0.05) is 6.92 Å². The van der Waals surface area contributed by atoms with Crippen molar-refractivity contribution in [1.82, 2.24) is 5.32 Å². The molecule has 3 unspecified atom stereocenters. The number of nitrogens with one attached hydrogen (secondary N) is 1. The molecule has 1 aromatic rings. The molecule has 4 nitrogen and oxygen atoms in total. The van der Waals surface area contributed by atoms with Gasteiger partial charge in [-0.05, 0) is 51.1 Å². The maximum absolute atomic E-state index is 6.04. The average Bonchev–Trinajstić information content (AvgIpc) is 2.49. The molecular weight excluding hydrogens is 266 g/mol. The first-order chi connectivity index (χ1) is 10.3. The minimum atomic E-state index is 0.136. The summed E-state index contributed by atoms with van der Waals surface area (Å²) < 4.78 is 17.3. The lowest BCUT2D eigenvalue weighted by Crippen LogP contribution is -2.61. The molecule has 1 aliphatic carbocycles. The standard InChI is InChI=1S/C17H27NO3/c1-4-11-18-15-12-16(17(15)20-6-3)21-14-9-7-13(8-10-14)19-5-2/h7-10,15-18H,4-6,11-12H2,1-3H3. The van der Waals surface area contributed by atoms with Gasteiger partial charge in [0.15, 0.2) is 0 Å². The summed E-state index contributed by atoms with van der Waals surface area (Å²) in [6.45, 7) is 8.62. The molecule has 0 spiro atoms. The van der Waals surface area contributed by atoms with E-state index in [2.05, 4.69) is 12.2 Å². The smallest absolute Gasteiger partial charge is 0.128 e. The van der Waals surface area contributed by atoms with E-state index < -0.39 is 0 Å². The van der Waals surface area contributed by atoms with Crippen molar-refractivity contribution in [1.29, 1.82) is 0 Å². The predicted octanol–water partition coefficient (Wildman–Crippen LogP) is 3.01. The van der Waals surface area contributed by atoms with Crippen molar-refractivity contribution in [3.63, 3.8) is 0 Å². The van der Waals surface area contributed by atoms with Crippen LogP contribution in [0, 0.1) is 0 Å². The van der Waals surface area contributed by atoms with Crippen LogP contribution in [0.5, 0.6) is 11.5 Å². The van der Waals surface area contributed by atoms with Crippen LogP contribution in [-0.4, -0.2) is 38.0 Å². The lowest BCUT2D eigenvalue weighted by molar-refractivity contribution is -0.104. The van der Waals surface area contributed by atoms with Crippen molar-refractivity contribution < 1.29 is 14.2 Å². The average molecular weight is 293 g/mol. The second-order valence-corrected chi connectivity index (χ2v) is 5.28. The van der Waals surface area contributed by atoms with Gasteiger partial charge in [-0.15, -0.1) is 0 Å². The molecule has 2 rings (SSSR count). The fraction of sp³-hybridized carbons (Fsp3) is 0.647. The summed E-state index contributed by atoms with van der Waals surface area (Å²) in [5.74, 6) is 1.75. The highest BCUT2D eigenvalue weighted by Gasteiger charge is 2.43. The molecule has 0 aromatic heterocycles. The fourth-order valence-corrected chi connectivity index (χ4v) is 2.60. The Morgan fingerprint density at radius 3 is 2.38 bits per heavy atom. The van der Waals surface area contributed by atoms with E-state index >= 15 is 0 Å². The molecule has 21 heavy (non-hydrogen) atoms. The number of hydrogen-bond acceptors (Lipinski definition) is 4. The molecule has 1 N–H and O–H groups in total. The summed E-state index contributed by atoms with van der Waals surface area (Å²) >= 11 is 0. The first-order valence-electron chi connectivity index (χ1n) is 8.03. The van der Waals surface area contributed by atoms with Crippen molar-refractivity contribution in [2.45, 2.75) is 51.9 Å². The van der Waals surface area contributed by atoms with Crippen LogP contribution in [0.15, 0.2) is 24.3 Å². The van der Waals surface area contributed by atoms with Gasteiger partial charge in [0.2, 0.25) is 0 Å². The van der Waals surface area contributed by atoms with E-state index in [0.29, 0.717) is 12.6 Å². The number of hydrogen-bond donors (Lipinski definition) is 1. The molecule has 1 saturated carbocycles. The summed E-state index contributed by atoms with van der Waals surface area (Å²) in [5.41, 5.74) is 0. The molecule has 0 saturated heterocycles. The van der Waals surface area contributed by atoms with Gasteiger partial charge in [-0.25, -0.2) is 0 Å². The molecule has 1 aliphatic rings. The minimum absolute atomic E-state index is 0.136. The molecule has 3 atom stereocenters. The molecule has 1 aromatic carbocycles. The zero-order valence-electron chi connectivity index (χ0n) is 13.3. The topological polar surface area (TPSA) is 39.7 Å². The van der Waals surface area contributed by atoms with Gasteiger partial charge in [0.1, 0.15) is 23.7 Å². The normalized spacial score (nSPS) is 24.4. The Hall–Kier alpha value is -1.26. The van der Waals surface area contributed by atoms with Crippen LogP contribution in [0.2, 0.25) is 0 Å². The van der Waals surface area contributed by atoms with Gasteiger partial charge in [0.05, 0.1) is 6.61 Å². The number of benzene rings is 1. The van der Waals surface area contributed by atoms with Crippen LogP contribution in [0.4, 0.5) is 0 Å². The van der Waals surface area contributed by atoms with Gasteiger partial charge in [-0.2, -0.15) is 0 Å². The van der Waals surface area contributed by atoms with Gasteiger partial charge < -0.3 is 19.5 Å². The molecule has 0 heterocycles. The Bertz CT molecular complexity index is 407. The van der Waals surface area contributed by atoms with Crippen LogP contribution in [-0.2, 0) is 4.74 Å². The molecule has 0 amide bonds. The highest BCUT2D eigenvalue weighted by atomic mass is 16.5. The first kappa shape index (κ1) is 16.1. The highest BCUT2D eigenvalue weighted by Crippen LogP contribution is 2.30. The van der Waals surface area contributed by atoms with E-state index in [1.165, 1.54) is 0 Å². The van der Waals surface area contributed by atoms with Crippen LogP contribution in [0.3, 0.4) is 0 Å². The van der Waals surface area contributed by atoms with Crippen molar-refractivity contribution >= 4 is 0 Å². The van der Waals surface area contributed by atoms with E-state index in [9.17, 15) is 0 Å². The van der Waals surface area contributed by atoms with E-state index in [4.69, 9.17) is 14.2 Å². The Morgan fingerprint density at radius 1 is 1.05 bits per heavy atom. The largest absolute Gasteiger partial charge is 0.494 e. The van der Waals surface area contributed by atoms with Crippen molar-refractivity contribution in [3.8, 4) is 11.5 Å². The summed E-state index contributed by atoms with van der Waals surface area (Å²) in [6, 6.07) is 8.22. The van der Waals surface area contributed by atoms with Crippen molar-refractivity contribution in [2.75, 3.05) is 19.8 Å². The third-order valence-electron chi connectivity index (χ3n) is 3.69. The monoisotopic (exact) mass is 293 g/mol. The summed E-state index contributed by atoms with van der Waals surface area (Å²) in [5, 5.41) is 3.52. The van der Waals surface area contributed by atoms with E-state index in [1.807, 2.05) is 38.1 Å². The molecule has 0 aliphatic heterocycles. The zero-order chi connectivity index (χ0) is 15.1. The van der Waals surface area contributed by atoms with E-state index in [1.54, 1.807) is 0 Å². The molecule has 4 heteroatoms. The van der Waals surface area contributed by atoms with Crippen LogP contribution in [0.25, 0.3) is 0 Å². The van der Waals surface area contributed by atoms with Crippen molar-refractivity contribution in [3.05, 3.63) is 24.3 Å². The van der Waals surface area contributed by atoms with E-state index in [0.717, 1.165) is 37.5 Å². The van der Waals surface area contributed by atoms with Crippen molar-refractivity contribution in [2.24, 2.45) is 0 Å². The SMILES string of the molecule is CCCNC1CC(Oc2ccc(OCC)cc2)C1OCC. The lowest BCUT2D eigenvalue weighted by atomic mass is 9.85. The minimum Gasteiger partial charge on any atom is -0.494 e. The Balaban J connectivity index is 1.86. The van der Waals surface area contributed by atoms with Gasteiger partial charge in [-0.3, -0.25) is 0 Å². The van der Waals surface area contributed by atoms with Gasteiger partial charge in [0, 0.05) is 19.1 Å². The number of rotatable bonds is 9. The Labute approximate surface area is 127 Å². The Kier molecular flexibility index (Phi) is 6.33. The van der Waals surface area contributed by atoms with Gasteiger partial charge >= 0.3 is 0 Å². The van der Waals surface area contributed by atoms with E-state index in [-0.39, 0.29) is 12.2 Å². The van der Waals surface area contributed by atoms with Crippen LogP contribution >= 0.6 is 0 Å². The fourth-order valence-electron chi connectivity index (χ4n) is 2.60. The molecule has 118 valence electrons. The third-order valence-corrected chi connectivity index (χ3v) is 3.69. The van der Waals surface area contributed by atoms with Crippen LogP contribution < -0.4 is 14.8 Å². The molecule has 1 fully saturated rings. The quantitative estimate of drug-likeness (QED) is 0.760. The second-order valence-electron chi connectivity index (χ2n) is 5.28. The zero-order valence-corrected chi connectivity index (χ0v) is 13.3. The van der Waals surface area contributed by atoms with Crippen LogP contribution in [0.1, 0.15) is 33.6 Å². The summed E-state index contributed by atoms with van der Waals surface area (Å²) in [7, 11) is 0. The first-order valence-corrected chi connectivity index (χ1v) is 8.03. The molecule has 0 radical (unpaired) electrons. The third kappa shape index (κ3) is 4.35. The lowest BCUT2D eigenvalue weighted by Gasteiger charge is -2.44. The highest BCUT2D eigenvalue weighted by molar-refractivity contribution is 5.31. The maximum atomic E-state index is 6.04. The Morgan fingerprint density at radius 2 is 1.76 bits per heavy atom.